The van der Waals surface area contributed by atoms with E-state index in [0.717, 1.165) is 50.6 Å². The molecule has 1 aromatic heterocycles. The third kappa shape index (κ3) is 3.38. The van der Waals surface area contributed by atoms with Gasteiger partial charge >= 0.3 is 0 Å². The third-order valence-electron chi connectivity index (χ3n) is 4.32. The minimum atomic E-state index is -0.889. The Kier molecular flexibility index (Phi) is 5.30. The van der Waals surface area contributed by atoms with Gasteiger partial charge in [-0.15, -0.1) is 11.3 Å². The van der Waals surface area contributed by atoms with Crippen molar-refractivity contribution in [2.75, 3.05) is 25.6 Å². The van der Waals surface area contributed by atoms with Gasteiger partial charge in [0.15, 0.2) is 0 Å². The number of fused-ring (bicyclic) bond motifs is 1. The molecule has 0 saturated carbocycles. The van der Waals surface area contributed by atoms with Gasteiger partial charge in [0.05, 0.1) is 29.5 Å². The van der Waals surface area contributed by atoms with Crippen LogP contribution < -0.4 is 4.90 Å². The average molecular weight is 411 g/mol. The highest BCUT2D eigenvalue weighted by atomic mass is 79.9. The number of hydrogen-bond acceptors (Lipinski definition) is 5. The third-order valence-corrected chi connectivity index (χ3v) is 6.30. The highest BCUT2D eigenvalue weighted by Gasteiger charge is 2.38. The van der Waals surface area contributed by atoms with Crippen LogP contribution in [0.25, 0.3) is 10.6 Å². The number of ether oxygens (including phenoxy) is 1. The van der Waals surface area contributed by atoms with E-state index < -0.39 is 5.60 Å². The SMILES string of the molecule is CCCCC1(O)COCc2nc(-c3ccc(N(C)C)c(Br)c3)sc21. The molecule has 1 atom stereocenters. The van der Waals surface area contributed by atoms with Crippen molar-refractivity contribution in [3.63, 3.8) is 0 Å². The molecular formula is C18H23BrN2O2S. The highest BCUT2D eigenvalue weighted by Crippen LogP contribution is 2.42. The number of aliphatic hydroxyl groups is 1. The van der Waals surface area contributed by atoms with Crippen LogP contribution in [0.2, 0.25) is 0 Å². The first-order valence-electron chi connectivity index (χ1n) is 8.22. The number of rotatable bonds is 5. The van der Waals surface area contributed by atoms with Crippen LogP contribution in [0.3, 0.4) is 0 Å². The first-order valence-corrected chi connectivity index (χ1v) is 9.83. The van der Waals surface area contributed by atoms with Crippen LogP contribution in [0.1, 0.15) is 36.8 Å². The van der Waals surface area contributed by atoms with Crippen molar-refractivity contribution < 1.29 is 9.84 Å². The summed E-state index contributed by atoms with van der Waals surface area (Å²) in [6, 6.07) is 6.25. The molecule has 0 fully saturated rings. The molecule has 4 nitrogen and oxygen atoms in total. The van der Waals surface area contributed by atoms with Gasteiger partial charge in [-0.3, -0.25) is 0 Å². The second kappa shape index (κ2) is 7.12. The molecular weight excluding hydrogens is 388 g/mol. The van der Waals surface area contributed by atoms with Crippen LogP contribution in [-0.2, 0) is 16.9 Å². The number of thiazole rings is 1. The molecule has 1 aromatic carbocycles. The Labute approximate surface area is 155 Å². The maximum atomic E-state index is 11.0. The van der Waals surface area contributed by atoms with Gasteiger partial charge in [0.1, 0.15) is 10.6 Å². The van der Waals surface area contributed by atoms with E-state index in [0.29, 0.717) is 13.2 Å². The Bertz CT molecular complexity index is 732. The molecule has 1 aliphatic rings. The zero-order chi connectivity index (χ0) is 17.3. The summed E-state index contributed by atoms with van der Waals surface area (Å²) in [6.45, 7) is 2.98. The van der Waals surface area contributed by atoms with Crippen molar-refractivity contribution in [3.8, 4) is 10.6 Å². The maximum absolute atomic E-state index is 11.0. The Morgan fingerprint density at radius 2 is 2.21 bits per heavy atom. The van der Waals surface area contributed by atoms with E-state index in [4.69, 9.17) is 9.72 Å². The number of halogens is 1. The van der Waals surface area contributed by atoms with Crippen molar-refractivity contribution in [2.24, 2.45) is 0 Å². The largest absolute Gasteiger partial charge is 0.382 e. The van der Waals surface area contributed by atoms with E-state index in [-0.39, 0.29) is 0 Å². The zero-order valence-corrected chi connectivity index (χ0v) is 16.7. The quantitative estimate of drug-likeness (QED) is 0.785. The van der Waals surface area contributed by atoms with Gasteiger partial charge in [-0.1, -0.05) is 19.8 Å². The van der Waals surface area contributed by atoms with Crippen LogP contribution in [-0.4, -0.2) is 30.8 Å². The molecule has 6 heteroatoms. The standard InChI is InChI=1S/C18H23BrN2O2S/c1-4-5-8-18(22)11-23-10-14-16(18)24-17(20-14)12-6-7-15(21(2)3)13(19)9-12/h6-7,9,22H,4-5,8,10-11H2,1-3H3. The van der Waals surface area contributed by atoms with Crippen LogP contribution in [0, 0.1) is 0 Å². The summed E-state index contributed by atoms with van der Waals surface area (Å²) in [4.78, 5) is 7.78. The summed E-state index contributed by atoms with van der Waals surface area (Å²) >= 11 is 5.23. The van der Waals surface area contributed by atoms with E-state index in [1.807, 2.05) is 14.1 Å². The molecule has 0 bridgehead atoms. The average Bonchev–Trinajstić information content (AvgIpc) is 2.98. The van der Waals surface area contributed by atoms with Crippen LogP contribution >= 0.6 is 27.3 Å². The molecule has 1 N–H and O–H groups in total. The van der Waals surface area contributed by atoms with Gasteiger partial charge in [0.25, 0.3) is 0 Å². The lowest BCUT2D eigenvalue weighted by Gasteiger charge is -2.31. The van der Waals surface area contributed by atoms with E-state index in [2.05, 4.69) is 46.0 Å². The summed E-state index contributed by atoms with van der Waals surface area (Å²) < 4.78 is 6.65. The fourth-order valence-electron chi connectivity index (χ4n) is 2.98. The Morgan fingerprint density at radius 1 is 1.42 bits per heavy atom. The normalized spacial score (nSPS) is 20.0. The second-order valence-corrected chi connectivity index (χ2v) is 8.34. The number of nitrogens with zero attached hydrogens (tertiary/aromatic N) is 2. The number of unbranched alkanes of at least 4 members (excludes halogenated alkanes) is 1. The fraction of sp³-hybridized carbons (Fsp3) is 0.500. The van der Waals surface area contributed by atoms with Gasteiger partial charge < -0.3 is 14.7 Å². The molecule has 1 unspecified atom stereocenters. The molecule has 1 aliphatic heterocycles. The molecule has 0 amide bonds. The molecule has 0 saturated heterocycles. The van der Waals surface area contributed by atoms with E-state index >= 15 is 0 Å². The second-order valence-electron chi connectivity index (χ2n) is 6.48. The predicted molar refractivity (Wildman–Crippen MR) is 103 cm³/mol. The summed E-state index contributed by atoms with van der Waals surface area (Å²) in [6.07, 6.45) is 2.76. The summed E-state index contributed by atoms with van der Waals surface area (Å²) in [7, 11) is 4.04. The molecule has 0 radical (unpaired) electrons. The minimum absolute atomic E-state index is 0.366. The topological polar surface area (TPSA) is 45.6 Å². The lowest BCUT2D eigenvalue weighted by molar-refractivity contribution is -0.0771. The van der Waals surface area contributed by atoms with Crippen molar-refractivity contribution in [1.29, 1.82) is 0 Å². The van der Waals surface area contributed by atoms with Crippen LogP contribution in [0.15, 0.2) is 22.7 Å². The summed E-state index contributed by atoms with van der Waals surface area (Å²) in [5.41, 5.74) is 2.18. The Morgan fingerprint density at radius 3 is 2.88 bits per heavy atom. The lowest BCUT2D eigenvalue weighted by atomic mass is 9.93. The van der Waals surface area contributed by atoms with Crippen molar-refractivity contribution in [2.45, 2.75) is 38.4 Å². The first kappa shape index (κ1) is 17.9. The number of hydrogen-bond donors (Lipinski definition) is 1. The first-order chi connectivity index (χ1) is 11.4. The number of anilines is 1. The smallest absolute Gasteiger partial charge is 0.124 e. The molecule has 130 valence electrons. The Hall–Kier alpha value is -0.950. The maximum Gasteiger partial charge on any atom is 0.124 e. The monoisotopic (exact) mass is 410 g/mol. The van der Waals surface area contributed by atoms with Crippen molar-refractivity contribution in [3.05, 3.63) is 33.2 Å². The van der Waals surface area contributed by atoms with Gasteiger partial charge in [-0.05, 0) is 40.5 Å². The minimum Gasteiger partial charge on any atom is -0.382 e. The van der Waals surface area contributed by atoms with E-state index in [9.17, 15) is 5.11 Å². The number of aromatic nitrogens is 1. The van der Waals surface area contributed by atoms with Gasteiger partial charge in [0, 0.05) is 24.1 Å². The van der Waals surface area contributed by atoms with Gasteiger partial charge in [0.2, 0.25) is 0 Å². The van der Waals surface area contributed by atoms with E-state index in [1.165, 1.54) is 0 Å². The zero-order valence-electron chi connectivity index (χ0n) is 14.3. The fourth-order valence-corrected chi connectivity index (χ4v) is 4.88. The molecule has 0 spiro atoms. The van der Waals surface area contributed by atoms with Crippen molar-refractivity contribution in [1.82, 2.24) is 4.98 Å². The molecule has 0 aliphatic carbocycles. The lowest BCUT2D eigenvalue weighted by Crippen LogP contribution is -2.35. The summed E-state index contributed by atoms with van der Waals surface area (Å²) in [5, 5.41) is 12.0. The number of benzene rings is 1. The predicted octanol–water partition coefficient (Wildman–Crippen LogP) is 4.55. The molecule has 2 aromatic rings. The van der Waals surface area contributed by atoms with Gasteiger partial charge in [-0.25, -0.2) is 4.98 Å². The molecule has 2 heterocycles. The molecule has 24 heavy (non-hydrogen) atoms. The summed E-state index contributed by atoms with van der Waals surface area (Å²) in [5.74, 6) is 0. The highest BCUT2D eigenvalue weighted by molar-refractivity contribution is 9.10. The molecule has 3 rings (SSSR count). The van der Waals surface area contributed by atoms with Crippen LogP contribution in [0.4, 0.5) is 5.69 Å². The Balaban J connectivity index is 1.96. The van der Waals surface area contributed by atoms with Crippen LogP contribution in [0.5, 0.6) is 0 Å². The van der Waals surface area contributed by atoms with Gasteiger partial charge in [-0.2, -0.15) is 0 Å². The van der Waals surface area contributed by atoms with Crippen molar-refractivity contribution >= 4 is 33.0 Å². The van der Waals surface area contributed by atoms with E-state index in [1.54, 1.807) is 11.3 Å².